The fourth-order valence-corrected chi connectivity index (χ4v) is 3.66. The molecule has 0 fully saturated rings. The Morgan fingerprint density at radius 1 is 0.237 bits per heavy atom. The van der Waals surface area contributed by atoms with Crippen molar-refractivity contribution in [2.24, 2.45) is 0 Å². The van der Waals surface area contributed by atoms with E-state index in [0.717, 1.165) is 44.5 Å². The third-order valence-corrected chi connectivity index (χ3v) is 5.59. The zero-order valence-corrected chi connectivity index (χ0v) is 20.7. The molecule has 0 radical (unpaired) electrons. The van der Waals surface area contributed by atoms with Crippen LogP contribution >= 0.6 is 0 Å². The molecule has 0 aliphatic carbocycles. The van der Waals surface area contributed by atoms with Crippen molar-refractivity contribution < 1.29 is 0 Å². The number of hydrogen-bond donors (Lipinski definition) is 0. The predicted octanol–water partition coefficient (Wildman–Crippen LogP) is 7.29. The van der Waals surface area contributed by atoms with Crippen LogP contribution in [0.3, 0.4) is 0 Å². The molecule has 0 unspecified atom stereocenters. The van der Waals surface area contributed by atoms with Crippen molar-refractivity contribution in [3.05, 3.63) is 178 Å². The van der Waals surface area contributed by atoms with Crippen molar-refractivity contribution >= 4 is 0 Å². The van der Waals surface area contributed by atoms with Gasteiger partial charge in [0.1, 0.15) is 0 Å². The molecule has 0 atom stereocenters. The van der Waals surface area contributed by atoms with E-state index in [1.165, 1.54) is 0 Å². The Kier molecular flexibility index (Phi) is 7.81. The minimum Gasteiger partial charge on any atom is -0.0622 e. The highest BCUT2D eigenvalue weighted by molar-refractivity contribution is 5.56. The molecular weight excluding hydrogens is 456 g/mol. The van der Waals surface area contributed by atoms with Gasteiger partial charge in [-0.3, -0.25) is 0 Å². The highest BCUT2D eigenvalue weighted by Crippen LogP contribution is 2.09. The van der Waals surface area contributed by atoms with Crippen molar-refractivity contribution in [1.29, 1.82) is 0 Å². The van der Waals surface area contributed by atoms with Gasteiger partial charge in [0, 0.05) is 44.5 Å². The van der Waals surface area contributed by atoms with Crippen molar-refractivity contribution in [3.63, 3.8) is 0 Å². The van der Waals surface area contributed by atoms with E-state index in [2.05, 4.69) is 47.4 Å². The van der Waals surface area contributed by atoms with E-state index in [4.69, 9.17) is 0 Å². The molecule has 0 spiro atoms. The minimum atomic E-state index is 0.890. The van der Waals surface area contributed by atoms with Crippen LogP contribution in [0.1, 0.15) is 44.5 Å². The third-order valence-electron chi connectivity index (χ3n) is 5.59. The summed E-state index contributed by atoms with van der Waals surface area (Å²) < 4.78 is 0. The molecule has 174 valence electrons. The van der Waals surface area contributed by atoms with Gasteiger partial charge >= 0.3 is 0 Å². The summed E-state index contributed by atoms with van der Waals surface area (Å²) >= 11 is 0. The zero-order chi connectivity index (χ0) is 25.8. The Hall–Kier alpha value is -5.66. The lowest BCUT2D eigenvalue weighted by Gasteiger charge is -1.97. The molecule has 0 nitrogen and oxygen atoms in total. The van der Waals surface area contributed by atoms with E-state index in [9.17, 15) is 0 Å². The van der Waals surface area contributed by atoms with Crippen LogP contribution in [0.5, 0.6) is 0 Å². The lowest BCUT2D eigenvalue weighted by atomic mass is 10.1. The number of rotatable bonds is 0. The fraction of sp³-hybridized carbons (Fsp3) is 0. The monoisotopic (exact) mass is 478 g/mol. The van der Waals surface area contributed by atoms with Gasteiger partial charge in [-0.2, -0.15) is 0 Å². The van der Waals surface area contributed by atoms with Crippen LogP contribution in [0, 0.1) is 47.4 Å². The van der Waals surface area contributed by atoms with Crippen LogP contribution in [-0.4, -0.2) is 0 Å². The van der Waals surface area contributed by atoms with Crippen LogP contribution in [0.4, 0.5) is 0 Å². The molecule has 0 aliphatic rings. The van der Waals surface area contributed by atoms with E-state index >= 15 is 0 Å². The second-order valence-electron chi connectivity index (χ2n) is 8.44. The largest absolute Gasteiger partial charge is 0.0622 e. The summed E-state index contributed by atoms with van der Waals surface area (Å²) in [4.78, 5) is 0. The molecule has 0 aliphatic heterocycles. The molecule has 0 aromatic heterocycles. The van der Waals surface area contributed by atoms with Crippen molar-refractivity contribution in [2.45, 2.75) is 0 Å². The van der Waals surface area contributed by atoms with Crippen LogP contribution in [0.2, 0.25) is 0 Å². The molecule has 0 saturated heterocycles. The molecule has 0 amide bonds. The summed E-state index contributed by atoms with van der Waals surface area (Å²) in [6.07, 6.45) is 0. The number of benzene rings is 5. The first kappa shape index (κ1) is 24.1. The first-order chi connectivity index (χ1) is 18.8. The first-order valence-electron chi connectivity index (χ1n) is 12.3. The van der Waals surface area contributed by atoms with Crippen LogP contribution < -0.4 is 0 Å². The summed E-state index contributed by atoms with van der Waals surface area (Å²) in [5, 5.41) is 0. The highest BCUT2D eigenvalue weighted by Gasteiger charge is 1.97. The van der Waals surface area contributed by atoms with E-state index in [1.54, 1.807) is 0 Å². The normalized spacial score (nSPS) is 9.26. The Balaban J connectivity index is 1.35. The molecule has 0 heterocycles. The van der Waals surface area contributed by atoms with Gasteiger partial charge in [-0.1, -0.05) is 108 Å². The Morgan fingerprint density at radius 3 is 0.921 bits per heavy atom. The van der Waals surface area contributed by atoms with E-state index in [-0.39, 0.29) is 0 Å². The smallest absolute Gasteiger partial charge is 0.0405 e. The number of hydrogen-bond acceptors (Lipinski definition) is 0. The third kappa shape index (κ3) is 6.94. The molecule has 5 aromatic carbocycles. The lowest BCUT2D eigenvalue weighted by Crippen LogP contribution is -1.85. The van der Waals surface area contributed by atoms with E-state index in [1.807, 2.05) is 133 Å². The zero-order valence-electron chi connectivity index (χ0n) is 20.7. The quantitative estimate of drug-likeness (QED) is 0.205. The van der Waals surface area contributed by atoms with Gasteiger partial charge in [0.2, 0.25) is 0 Å². The maximum absolute atomic E-state index is 3.29. The average Bonchev–Trinajstić information content (AvgIpc) is 2.99. The molecule has 0 bridgehead atoms. The Labute approximate surface area is 225 Å². The summed E-state index contributed by atoms with van der Waals surface area (Å²) in [5.74, 6) is 26.0. The SMILES string of the molecule is C(#Cc1cccc(C#Cc2ccccc2C#Cc2cccc(C#Cc3ccccc3)c2)c1)c1ccccc1. The van der Waals surface area contributed by atoms with Gasteiger partial charge in [0.15, 0.2) is 0 Å². The Morgan fingerprint density at radius 2 is 0.526 bits per heavy atom. The molecule has 0 saturated carbocycles. The summed E-state index contributed by atoms with van der Waals surface area (Å²) in [6.45, 7) is 0. The minimum absolute atomic E-state index is 0.890. The molecule has 0 N–H and O–H groups in total. The van der Waals surface area contributed by atoms with Gasteiger partial charge in [-0.25, -0.2) is 0 Å². The van der Waals surface area contributed by atoms with Gasteiger partial charge in [0.05, 0.1) is 0 Å². The molecule has 0 heteroatoms. The highest BCUT2D eigenvalue weighted by atomic mass is 14.0. The summed E-state index contributed by atoms with van der Waals surface area (Å²) in [6, 6.07) is 43.9. The lowest BCUT2D eigenvalue weighted by molar-refractivity contribution is 1.56. The molecule has 38 heavy (non-hydrogen) atoms. The second kappa shape index (κ2) is 12.3. The van der Waals surface area contributed by atoms with Gasteiger partial charge in [-0.15, -0.1) is 0 Å². The van der Waals surface area contributed by atoms with Crippen molar-refractivity contribution in [1.82, 2.24) is 0 Å². The molecular formula is C38H22. The molecule has 5 aromatic rings. The molecule has 5 rings (SSSR count). The maximum Gasteiger partial charge on any atom is 0.0405 e. The van der Waals surface area contributed by atoms with Gasteiger partial charge in [0.25, 0.3) is 0 Å². The fourth-order valence-electron chi connectivity index (χ4n) is 3.66. The summed E-state index contributed by atoms with van der Waals surface area (Å²) in [5.41, 5.74) is 7.46. The summed E-state index contributed by atoms with van der Waals surface area (Å²) in [7, 11) is 0. The first-order valence-corrected chi connectivity index (χ1v) is 12.3. The van der Waals surface area contributed by atoms with Gasteiger partial charge < -0.3 is 0 Å². The van der Waals surface area contributed by atoms with Crippen LogP contribution in [-0.2, 0) is 0 Å². The average molecular weight is 479 g/mol. The topological polar surface area (TPSA) is 0 Å². The van der Waals surface area contributed by atoms with Crippen LogP contribution in [0.15, 0.2) is 133 Å². The Bertz CT molecular complexity index is 1670. The van der Waals surface area contributed by atoms with Crippen molar-refractivity contribution in [2.75, 3.05) is 0 Å². The standard InChI is InChI=1S/C38H22/c1-3-11-31(12-4-1)21-23-33-15-9-17-35(29-33)25-27-37-19-7-8-20-38(37)28-26-36-18-10-16-34(30-36)24-22-32-13-5-2-6-14-32/h1-20,29-30H. The van der Waals surface area contributed by atoms with Crippen LogP contribution in [0.25, 0.3) is 0 Å². The second-order valence-corrected chi connectivity index (χ2v) is 8.44. The van der Waals surface area contributed by atoms with E-state index < -0.39 is 0 Å². The predicted molar refractivity (Wildman–Crippen MR) is 156 cm³/mol. The van der Waals surface area contributed by atoms with Gasteiger partial charge in [-0.05, 0) is 72.8 Å². The maximum atomic E-state index is 3.29. The van der Waals surface area contributed by atoms with E-state index in [0.29, 0.717) is 0 Å². The van der Waals surface area contributed by atoms with Crippen molar-refractivity contribution in [3.8, 4) is 47.4 Å².